The zero-order valence-electron chi connectivity index (χ0n) is 15.2. The Hall–Kier alpha value is -2.53. The standard InChI is InChI=1S/C21H27N3O2/c1-2-26-21(25)24-14-12-17(13-15-24)23-20(16-8-4-3-5-9-16)18-10-6-7-11-19(18)22/h3-11,17,20,23H,2,12-15,22H2,1H3. The van der Waals surface area contributed by atoms with Crippen LogP contribution in [0.5, 0.6) is 0 Å². The maximum atomic E-state index is 11.9. The molecule has 2 aromatic rings. The number of rotatable bonds is 5. The molecule has 1 saturated heterocycles. The van der Waals surface area contributed by atoms with Crippen LogP contribution >= 0.6 is 0 Å². The maximum absolute atomic E-state index is 11.9. The number of nitrogens with one attached hydrogen (secondary N) is 1. The molecule has 0 aliphatic carbocycles. The molecule has 1 heterocycles. The lowest BCUT2D eigenvalue weighted by Gasteiger charge is -2.34. The molecule has 2 aromatic carbocycles. The minimum atomic E-state index is -0.210. The molecule has 1 atom stereocenters. The Morgan fingerprint density at radius 1 is 1.15 bits per heavy atom. The summed E-state index contributed by atoms with van der Waals surface area (Å²) >= 11 is 0. The maximum Gasteiger partial charge on any atom is 0.409 e. The van der Waals surface area contributed by atoms with Crippen LogP contribution < -0.4 is 11.1 Å². The molecule has 0 spiro atoms. The third-order valence-corrected chi connectivity index (χ3v) is 4.86. The summed E-state index contributed by atoms with van der Waals surface area (Å²) in [6.07, 6.45) is 1.59. The van der Waals surface area contributed by atoms with Gasteiger partial charge in [0.2, 0.25) is 0 Å². The van der Waals surface area contributed by atoms with E-state index in [2.05, 4.69) is 23.5 Å². The van der Waals surface area contributed by atoms with E-state index < -0.39 is 0 Å². The number of hydrogen-bond acceptors (Lipinski definition) is 4. The van der Waals surface area contributed by atoms with Crippen LogP contribution in [0.1, 0.15) is 36.9 Å². The molecule has 1 fully saturated rings. The van der Waals surface area contributed by atoms with E-state index in [1.807, 2.05) is 43.3 Å². The molecule has 0 bridgehead atoms. The van der Waals surface area contributed by atoms with Gasteiger partial charge in [-0.2, -0.15) is 0 Å². The number of likely N-dealkylation sites (tertiary alicyclic amines) is 1. The topological polar surface area (TPSA) is 67.6 Å². The van der Waals surface area contributed by atoms with E-state index in [9.17, 15) is 4.79 Å². The van der Waals surface area contributed by atoms with E-state index in [1.165, 1.54) is 5.56 Å². The summed E-state index contributed by atoms with van der Waals surface area (Å²) in [5.74, 6) is 0. The highest BCUT2D eigenvalue weighted by Gasteiger charge is 2.26. The smallest absolute Gasteiger partial charge is 0.409 e. The number of anilines is 1. The summed E-state index contributed by atoms with van der Waals surface area (Å²) in [6, 6.07) is 18.7. The predicted octanol–water partition coefficient (Wildman–Crippen LogP) is 3.57. The Balaban J connectivity index is 1.72. The number of ether oxygens (including phenoxy) is 1. The molecule has 1 aliphatic rings. The van der Waals surface area contributed by atoms with Crippen LogP contribution in [0, 0.1) is 0 Å². The van der Waals surface area contributed by atoms with Crippen molar-refractivity contribution in [2.45, 2.75) is 31.8 Å². The number of nitrogens with two attached hydrogens (primary N) is 1. The van der Waals surface area contributed by atoms with Crippen molar-refractivity contribution in [3.8, 4) is 0 Å². The molecular formula is C21H27N3O2. The van der Waals surface area contributed by atoms with E-state index in [-0.39, 0.29) is 12.1 Å². The quantitative estimate of drug-likeness (QED) is 0.807. The van der Waals surface area contributed by atoms with Crippen molar-refractivity contribution in [3.05, 3.63) is 65.7 Å². The average molecular weight is 353 g/mol. The molecule has 1 unspecified atom stereocenters. The van der Waals surface area contributed by atoms with E-state index in [0.29, 0.717) is 25.7 Å². The second kappa shape index (κ2) is 8.72. The van der Waals surface area contributed by atoms with Crippen LogP contribution in [0.3, 0.4) is 0 Å². The Labute approximate surface area is 155 Å². The van der Waals surface area contributed by atoms with Crippen LogP contribution in [0.4, 0.5) is 10.5 Å². The highest BCUT2D eigenvalue weighted by molar-refractivity contribution is 5.67. The summed E-state index contributed by atoms with van der Waals surface area (Å²) in [5.41, 5.74) is 9.32. The third kappa shape index (κ3) is 4.35. The fourth-order valence-electron chi connectivity index (χ4n) is 3.46. The molecule has 138 valence electrons. The van der Waals surface area contributed by atoms with Gasteiger partial charge in [-0.05, 0) is 37.0 Å². The van der Waals surface area contributed by atoms with Gasteiger partial charge in [-0.25, -0.2) is 4.79 Å². The van der Waals surface area contributed by atoms with Gasteiger partial charge in [-0.3, -0.25) is 0 Å². The second-order valence-corrected chi connectivity index (χ2v) is 6.60. The molecule has 3 N–H and O–H groups in total. The lowest BCUT2D eigenvalue weighted by atomic mass is 9.94. The van der Waals surface area contributed by atoms with E-state index in [4.69, 9.17) is 10.5 Å². The van der Waals surface area contributed by atoms with Crippen LogP contribution in [0.15, 0.2) is 54.6 Å². The Bertz CT molecular complexity index is 712. The van der Waals surface area contributed by atoms with Crippen molar-refractivity contribution in [1.29, 1.82) is 0 Å². The molecular weight excluding hydrogens is 326 g/mol. The average Bonchev–Trinajstić information content (AvgIpc) is 2.68. The highest BCUT2D eigenvalue weighted by atomic mass is 16.6. The van der Waals surface area contributed by atoms with Gasteiger partial charge in [0.05, 0.1) is 12.6 Å². The van der Waals surface area contributed by atoms with Gasteiger partial charge < -0.3 is 20.7 Å². The molecule has 1 amide bonds. The van der Waals surface area contributed by atoms with Crippen molar-refractivity contribution < 1.29 is 9.53 Å². The molecule has 3 rings (SSSR count). The van der Waals surface area contributed by atoms with Gasteiger partial charge >= 0.3 is 6.09 Å². The lowest BCUT2D eigenvalue weighted by molar-refractivity contribution is 0.0945. The van der Waals surface area contributed by atoms with Crippen molar-refractivity contribution in [2.75, 3.05) is 25.4 Å². The van der Waals surface area contributed by atoms with Crippen LogP contribution in [-0.2, 0) is 4.74 Å². The first kappa shape index (κ1) is 18.3. The highest BCUT2D eigenvalue weighted by Crippen LogP contribution is 2.28. The van der Waals surface area contributed by atoms with Gasteiger partial charge in [0.15, 0.2) is 0 Å². The van der Waals surface area contributed by atoms with Gasteiger partial charge in [-0.1, -0.05) is 48.5 Å². The number of benzene rings is 2. The zero-order chi connectivity index (χ0) is 18.4. The Kier molecular flexibility index (Phi) is 6.12. The Morgan fingerprint density at radius 2 is 1.81 bits per heavy atom. The van der Waals surface area contributed by atoms with Gasteiger partial charge in [-0.15, -0.1) is 0 Å². The summed E-state index contributed by atoms with van der Waals surface area (Å²) in [7, 11) is 0. The van der Waals surface area contributed by atoms with E-state index in [1.54, 1.807) is 4.90 Å². The predicted molar refractivity (Wildman–Crippen MR) is 104 cm³/mol. The fraction of sp³-hybridized carbons (Fsp3) is 0.381. The van der Waals surface area contributed by atoms with Crippen molar-refractivity contribution in [3.63, 3.8) is 0 Å². The normalized spacial score (nSPS) is 16.3. The van der Waals surface area contributed by atoms with Crippen molar-refractivity contribution in [1.82, 2.24) is 10.2 Å². The first-order valence-electron chi connectivity index (χ1n) is 9.26. The van der Waals surface area contributed by atoms with Gasteiger partial charge in [0, 0.05) is 24.8 Å². The van der Waals surface area contributed by atoms with E-state index >= 15 is 0 Å². The molecule has 5 heteroatoms. The fourth-order valence-corrected chi connectivity index (χ4v) is 3.46. The van der Waals surface area contributed by atoms with Crippen molar-refractivity contribution >= 4 is 11.8 Å². The van der Waals surface area contributed by atoms with Gasteiger partial charge in [0.25, 0.3) is 0 Å². The van der Waals surface area contributed by atoms with Crippen LogP contribution in [0.25, 0.3) is 0 Å². The Morgan fingerprint density at radius 3 is 2.46 bits per heavy atom. The summed E-state index contributed by atoms with van der Waals surface area (Å²) in [5, 5.41) is 3.76. The molecule has 0 radical (unpaired) electrons. The molecule has 1 aliphatic heterocycles. The lowest BCUT2D eigenvalue weighted by Crippen LogP contribution is -2.46. The number of para-hydroxylation sites is 1. The minimum Gasteiger partial charge on any atom is -0.450 e. The third-order valence-electron chi connectivity index (χ3n) is 4.86. The summed E-state index contributed by atoms with van der Waals surface area (Å²) in [6.45, 7) is 3.67. The first-order valence-corrected chi connectivity index (χ1v) is 9.26. The number of amides is 1. The SMILES string of the molecule is CCOC(=O)N1CCC(NC(c2ccccc2)c2ccccc2N)CC1. The van der Waals surface area contributed by atoms with E-state index in [0.717, 1.165) is 24.1 Å². The van der Waals surface area contributed by atoms with Crippen LogP contribution in [-0.4, -0.2) is 36.7 Å². The summed E-state index contributed by atoms with van der Waals surface area (Å²) < 4.78 is 5.10. The number of piperidine rings is 1. The summed E-state index contributed by atoms with van der Waals surface area (Å²) in [4.78, 5) is 13.7. The second-order valence-electron chi connectivity index (χ2n) is 6.60. The van der Waals surface area contributed by atoms with Crippen LogP contribution in [0.2, 0.25) is 0 Å². The molecule has 5 nitrogen and oxygen atoms in total. The number of carbonyl (C=O) groups excluding carboxylic acids is 1. The monoisotopic (exact) mass is 353 g/mol. The number of nitrogens with zero attached hydrogens (tertiary/aromatic N) is 1. The van der Waals surface area contributed by atoms with Gasteiger partial charge in [0.1, 0.15) is 0 Å². The van der Waals surface area contributed by atoms with Crippen molar-refractivity contribution in [2.24, 2.45) is 0 Å². The molecule has 26 heavy (non-hydrogen) atoms. The molecule has 0 aromatic heterocycles. The zero-order valence-corrected chi connectivity index (χ0v) is 15.2. The first-order chi connectivity index (χ1) is 12.7. The number of hydrogen-bond donors (Lipinski definition) is 2. The minimum absolute atomic E-state index is 0.0385. The largest absolute Gasteiger partial charge is 0.450 e. The number of carbonyl (C=O) groups is 1. The molecule has 0 saturated carbocycles. The number of nitrogen functional groups attached to an aromatic ring is 1.